The second-order valence-electron chi connectivity index (χ2n) is 3.06. The fraction of sp³-hybridized carbons (Fsp3) is 0.200. The van der Waals surface area contributed by atoms with Crippen molar-refractivity contribution in [2.75, 3.05) is 7.11 Å². The van der Waals surface area contributed by atoms with E-state index in [0.717, 1.165) is 12.1 Å². The zero-order chi connectivity index (χ0) is 13.1. The zero-order valence-electron chi connectivity index (χ0n) is 8.69. The number of allylic oxidation sites excluding steroid dienone is 1. The molecule has 0 atom stereocenters. The highest BCUT2D eigenvalue weighted by Gasteiger charge is 2.22. The first-order valence-corrected chi connectivity index (χ1v) is 4.42. The van der Waals surface area contributed by atoms with Crippen molar-refractivity contribution in [3.8, 4) is 5.75 Å². The summed E-state index contributed by atoms with van der Waals surface area (Å²) in [6, 6.07) is 3.47. The highest BCUT2D eigenvalue weighted by molar-refractivity contribution is 5.58. The summed E-state index contributed by atoms with van der Waals surface area (Å²) in [4.78, 5) is 9.87. The highest BCUT2D eigenvalue weighted by Crippen LogP contribution is 2.28. The first-order chi connectivity index (χ1) is 7.83. The molecule has 92 valence electrons. The molecule has 0 radical (unpaired) electrons. The maximum Gasteiger partial charge on any atom is 0.409 e. The molecule has 0 unspecified atom stereocenters. The van der Waals surface area contributed by atoms with Crippen LogP contribution in [0.1, 0.15) is 5.56 Å². The number of hydrogen-bond donors (Lipinski definition) is 0. The maximum absolute atomic E-state index is 11.9. The number of alkyl halides is 3. The minimum atomic E-state index is -4.42. The molecule has 4 nitrogen and oxygen atoms in total. The number of nitrogens with zero attached hydrogens (tertiary/aromatic N) is 1. The van der Waals surface area contributed by atoms with Crippen molar-refractivity contribution < 1.29 is 22.8 Å². The van der Waals surface area contributed by atoms with E-state index < -0.39 is 11.1 Å². The van der Waals surface area contributed by atoms with Gasteiger partial charge in [-0.15, -0.1) is 0 Å². The van der Waals surface area contributed by atoms with Crippen LogP contribution in [0.4, 0.5) is 18.9 Å². The van der Waals surface area contributed by atoms with Crippen LogP contribution in [0.15, 0.2) is 24.3 Å². The van der Waals surface area contributed by atoms with Crippen molar-refractivity contribution in [3.63, 3.8) is 0 Å². The molecule has 17 heavy (non-hydrogen) atoms. The molecule has 0 aromatic heterocycles. The van der Waals surface area contributed by atoms with Gasteiger partial charge in [0.2, 0.25) is 0 Å². The first kappa shape index (κ1) is 13.0. The van der Waals surface area contributed by atoms with Crippen molar-refractivity contribution in [1.29, 1.82) is 0 Å². The number of hydrogen-bond acceptors (Lipinski definition) is 3. The van der Waals surface area contributed by atoms with Gasteiger partial charge in [-0.1, -0.05) is 0 Å². The van der Waals surface area contributed by atoms with E-state index >= 15 is 0 Å². The molecule has 0 saturated carbocycles. The molecule has 0 aliphatic rings. The predicted molar refractivity (Wildman–Crippen MR) is 54.7 cm³/mol. The van der Waals surface area contributed by atoms with Crippen molar-refractivity contribution in [2.24, 2.45) is 0 Å². The lowest BCUT2D eigenvalue weighted by atomic mass is 10.1. The van der Waals surface area contributed by atoms with Crippen molar-refractivity contribution in [2.45, 2.75) is 6.18 Å². The Morgan fingerprint density at radius 2 is 2.06 bits per heavy atom. The van der Waals surface area contributed by atoms with Gasteiger partial charge in [-0.2, -0.15) is 13.2 Å². The third-order valence-corrected chi connectivity index (χ3v) is 1.87. The number of nitro benzene ring substituents is 1. The molecule has 0 aliphatic carbocycles. The van der Waals surface area contributed by atoms with Crippen LogP contribution >= 0.6 is 0 Å². The van der Waals surface area contributed by atoms with Gasteiger partial charge >= 0.3 is 11.9 Å². The Kier molecular flexibility index (Phi) is 3.72. The van der Waals surface area contributed by atoms with Crippen LogP contribution in [0.25, 0.3) is 6.08 Å². The van der Waals surface area contributed by atoms with Crippen LogP contribution in [0.3, 0.4) is 0 Å². The Hall–Kier alpha value is -2.05. The number of nitro groups is 1. The fourth-order valence-corrected chi connectivity index (χ4v) is 1.14. The third kappa shape index (κ3) is 3.78. The van der Waals surface area contributed by atoms with E-state index in [1.54, 1.807) is 0 Å². The topological polar surface area (TPSA) is 52.4 Å². The molecular formula is C10H8F3NO3. The largest absolute Gasteiger partial charge is 0.490 e. The van der Waals surface area contributed by atoms with Crippen LogP contribution in [0, 0.1) is 10.1 Å². The molecule has 0 spiro atoms. The summed E-state index contributed by atoms with van der Waals surface area (Å²) in [5.74, 6) is -0.0840. The van der Waals surface area contributed by atoms with Crippen molar-refractivity contribution in [3.05, 3.63) is 40.0 Å². The summed E-state index contributed by atoms with van der Waals surface area (Å²) < 4.78 is 40.4. The molecule has 1 aromatic carbocycles. The lowest BCUT2D eigenvalue weighted by Gasteiger charge is -2.03. The molecular weight excluding hydrogens is 239 g/mol. The molecule has 7 heteroatoms. The molecule has 0 amide bonds. The Morgan fingerprint density at radius 3 is 2.53 bits per heavy atom. The van der Waals surface area contributed by atoms with Crippen LogP contribution in [0.2, 0.25) is 0 Å². The Balaban J connectivity index is 3.06. The van der Waals surface area contributed by atoms with Gasteiger partial charge in [-0.3, -0.25) is 10.1 Å². The van der Waals surface area contributed by atoms with E-state index in [0.29, 0.717) is 0 Å². The molecule has 0 N–H and O–H groups in total. The molecule has 0 fully saturated rings. The molecule has 1 aromatic rings. The van der Waals surface area contributed by atoms with Crippen LogP contribution in [-0.2, 0) is 0 Å². The Morgan fingerprint density at radius 1 is 1.41 bits per heavy atom. The van der Waals surface area contributed by atoms with Gasteiger partial charge in [0.15, 0.2) is 5.75 Å². The second kappa shape index (κ2) is 4.86. The minimum Gasteiger partial charge on any atom is -0.490 e. The summed E-state index contributed by atoms with van der Waals surface area (Å²) in [6.45, 7) is 0. The SMILES string of the molecule is COc1cc(C=CC(F)(F)F)ccc1[N+](=O)[O-]. The normalized spacial score (nSPS) is 11.8. The van der Waals surface area contributed by atoms with Gasteiger partial charge in [0.1, 0.15) is 0 Å². The van der Waals surface area contributed by atoms with Gasteiger partial charge in [0.25, 0.3) is 0 Å². The van der Waals surface area contributed by atoms with Gasteiger partial charge in [-0.05, 0) is 23.8 Å². The van der Waals surface area contributed by atoms with Gasteiger partial charge in [-0.25, -0.2) is 0 Å². The van der Waals surface area contributed by atoms with Crippen LogP contribution < -0.4 is 4.74 Å². The lowest BCUT2D eigenvalue weighted by molar-refractivity contribution is -0.385. The Bertz CT molecular complexity index is 455. The monoisotopic (exact) mass is 247 g/mol. The Labute approximate surface area is 94.5 Å². The lowest BCUT2D eigenvalue weighted by Crippen LogP contribution is -2.00. The van der Waals surface area contributed by atoms with Gasteiger partial charge in [0.05, 0.1) is 12.0 Å². The molecule has 0 bridgehead atoms. The number of ether oxygens (including phenoxy) is 1. The first-order valence-electron chi connectivity index (χ1n) is 4.42. The van der Waals surface area contributed by atoms with E-state index in [4.69, 9.17) is 4.74 Å². The predicted octanol–water partition coefficient (Wildman–Crippen LogP) is 3.18. The number of benzene rings is 1. The minimum absolute atomic E-state index is 0.0492. The smallest absolute Gasteiger partial charge is 0.409 e. The third-order valence-electron chi connectivity index (χ3n) is 1.87. The standard InChI is InChI=1S/C10H8F3NO3/c1-17-9-6-7(4-5-10(11,12)13)2-3-8(9)14(15)16/h2-6H,1H3. The van der Waals surface area contributed by atoms with Crippen molar-refractivity contribution in [1.82, 2.24) is 0 Å². The average molecular weight is 247 g/mol. The fourth-order valence-electron chi connectivity index (χ4n) is 1.14. The van der Waals surface area contributed by atoms with E-state index in [1.165, 1.54) is 19.2 Å². The van der Waals surface area contributed by atoms with Crippen LogP contribution in [0.5, 0.6) is 5.75 Å². The van der Waals surface area contributed by atoms with E-state index in [2.05, 4.69) is 0 Å². The molecule has 0 heterocycles. The van der Waals surface area contributed by atoms with Crippen LogP contribution in [-0.4, -0.2) is 18.2 Å². The van der Waals surface area contributed by atoms with E-state index in [1.807, 2.05) is 0 Å². The quantitative estimate of drug-likeness (QED) is 0.608. The van der Waals surface area contributed by atoms with Gasteiger partial charge < -0.3 is 4.74 Å². The summed E-state index contributed by atoms with van der Waals surface area (Å²) in [6.07, 6.45) is -3.56. The maximum atomic E-state index is 11.9. The van der Waals surface area contributed by atoms with E-state index in [-0.39, 0.29) is 23.1 Å². The second-order valence-corrected chi connectivity index (χ2v) is 3.06. The molecule has 1 rings (SSSR count). The summed E-state index contributed by atoms with van der Waals surface area (Å²) in [5, 5.41) is 10.5. The summed E-state index contributed by atoms with van der Waals surface area (Å²) in [7, 11) is 1.21. The zero-order valence-corrected chi connectivity index (χ0v) is 8.69. The van der Waals surface area contributed by atoms with Crippen molar-refractivity contribution >= 4 is 11.8 Å². The summed E-state index contributed by atoms with van der Waals surface area (Å²) in [5.41, 5.74) is -0.124. The summed E-state index contributed by atoms with van der Waals surface area (Å²) >= 11 is 0. The number of rotatable bonds is 3. The average Bonchev–Trinajstić information content (AvgIpc) is 2.24. The molecule has 0 saturated heterocycles. The van der Waals surface area contributed by atoms with E-state index in [9.17, 15) is 23.3 Å². The number of methoxy groups -OCH3 is 1. The highest BCUT2D eigenvalue weighted by atomic mass is 19.4. The van der Waals surface area contributed by atoms with Gasteiger partial charge in [0, 0.05) is 12.1 Å². The number of halogens is 3. The molecule has 0 aliphatic heterocycles.